The van der Waals surface area contributed by atoms with Gasteiger partial charge in [-0.1, -0.05) is 53.0 Å². The Balaban J connectivity index is 2.37. The molecule has 0 spiro atoms. The highest BCUT2D eigenvalue weighted by atomic mass is 127. The Morgan fingerprint density at radius 1 is 1.10 bits per heavy atom. The molecule has 0 bridgehead atoms. The first-order chi connectivity index (χ1) is 9.97. The fourth-order valence-corrected chi connectivity index (χ4v) is 3.34. The number of hydrogen-bond acceptors (Lipinski definition) is 2. The summed E-state index contributed by atoms with van der Waals surface area (Å²) >= 11 is 14.1. The molecule has 106 valence electrons. The van der Waals surface area contributed by atoms with E-state index in [1.165, 1.54) is 0 Å². The van der Waals surface area contributed by atoms with Crippen molar-refractivity contribution in [3.8, 4) is 11.3 Å². The van der Waals surface area contributed by atoms with Gasteiger partial charge in [0.15, 0.2) is 11.3 Å². The van der Waals surface area contributed by atoms with Crippen LogP contribution >= 0.6 is 45.8 Å². The van der Waals surface area contributed by atoms with Gasteiger partial charge in [0.1, 0.15) is 3.57 Å². The second kappa shape index (κ2) is 5.63. The number of halogens is 3. The summed E-state index contributed by atoms with van der Waals surface area (Å²) in [5.74, 6) is 0.525. The van der Waals surface area contributed by atoms with E-state index in [1.54, 1.807) is 12.1 Å². The van der Waals surface area contributed by atoms with E-state index in [-0.39, 0.29) is 5.43 Å². The first-order valence-corrected chi connectivity index (χ1v) is 7.99. The fraction of sp³-hybridized carbons (Fsp3) is 0.0625. The molecule has 2 nitrogen and oxygen atoms in total. The van der Waals surface area contributed by atoms with Crippen molar-refractivity contribution in [1.29, 1.82) is 0 Å². The first kappa shape index (κ1) is 14.9. The van der Waals surface area contributed by atoms with Crippen LogP contribution in [0.15, 0.2) is 45.6 Å². The summed E-state index contributed by atoms with van der Waals surface area (Å²) in [6.45, 7) is 2.00. The Morgan fingerprint density at radius 2 is 1.76 bits per heavy atom. The van der Waals surface area contributed by atoms with Gasteiger partial charge in [-0.3, -0.25) is 4.79 Å². The van der Waals surface area contributed by atoms with Crippen LogP contribution in [0.25, 0.3) is 22.3 Å². The molecule has 0 fully saturated rings. The zero-order chi connectivity index (χ0) is 15.1. The molecule has 0 radical (unpaired) electrons. The minimum atomic E-state index is -0.128. The van der Waals surface area contributed by atoms with Crippen molar-refractivity contribution in [3.05, 3.63) is 65.8 Å². The van der Waals surface area contributed by atoms with Crippen LogP contribution in [-0.2, 0) is 0 Å². The van der Waals surface area contributed by atoms with Crippen molar-refractivity contribution < 1.29 is 4.42 Å². The SMILES string of the molecule is Cc1ccc(-c2oc3c(Cl)cc(Cl)cc3c(=O)c2I)cc1. The molecule has 0 N–H and O–H groups in total. The maximum Gasteiger partial charge on any atom is 0.206 e. The van der Waals surface area contributed by atoms with Gasteiger partial charge in [-0.25, -0.2) is 0 Å². The van der Waals surface area contributed by atoms with Gasteiger partial charge in [-0.2, -0.15) is 0 Å². The third kappa shape index (κ3) is 2.70. The van der Waals surface area contributed by atoms with Crippen LogP contribution in [0.2, 0.25) is 10.0 Å². The smallest absolute Gasteiger partial charge is 0.206 e. The Hall–Kier alpha value is -1.04. The molecule has 3 aromatic rings. The molecule has 5 heteroatoms. The molecule has 0 amide bonds. The summed E-state index contributed by atoms with van der Waals surface area (Å²) in [4.78, 5) is 12.5. The molecule has 3 rings (SSSR count). The Labute approximate surface area is 144 Å². The average molecular weight is 431 g/mol. The van der Waals surface area contributed by atoms with Crippen molar-refractivity contribution >= 4 is 56.8 Å². The van der Waals surface area contributed by atoms with E-state index in [0.717, 1.165) is 11.1 Å². The molecular formula is C16H9Cl2IO2. The molecule has 0 saturated heterocycles. The summed E-state index contributed by atoms with van der Waals surface area (Å²) in [6, 6.07) is 10.9. The van der Waals surface area contributed by atoms with Crippen LogP contribution < -0.4 is 5.43 Å². The molecule has 0 aliphatic rings. The lowest BCUT2D eigenvalue weighted by atomic mass is 10.1. The van der Waals surface area contributed by atoms with Gasteiger partial charge < -0.3 is 4.42 Å². The summed E-state index contributed by atoms with van der Waals surface area (Å²) in [5, 5.41) is 1.14. The van der Waals surface area contributed by atoms with Crippen LogP contribution in [0, 0.1) is 10.5 Å². The minimum Gasteiger partial charge on any atom is -0.453 e. The first-order valence-electron chi connectivity index (χ1n) is 6.16. The molecule has 0 saturated carbocycles. The number of rotatable bonds is 1. The third-order valence-corrected chi connectivity index (χ3v) is 4.65. The molecule has 0 unspecified atom stereocenters. The molecule has 2 aromatic carbocycles. The van der Waals surface area contributed by atoms with Crippen LogP contribution in [0.1, 0.15) is 5.56 Å². The summed E-state index contributed by atoms with van der Waals surface area (Å²) < 4.78 is 6.40. The maximum absolute atomic E-state index is 12.5. The molecule has 1 aromatic heterocycles. The summed E-state index contributed by atoms with van der Waals surface area (Å²) in [7, 11) is 0. The van der Waals surface area contributed by atoms with E-state index < -0.39 is 0 Å². The van der Waals surface area contributed by atoms with Crippen LogP contribution in [0.3, 0.4) is 0 Å². The molecule has 1 heterocycles. The van der Waals surface area contributed by atoms with Gasteiger partial charge in [-0.05, 0) is 41.6 Å². The van der Waals surface area contributed by atoms with Crippen LogP contribution in [0.4, 0.5) is 0 Å². The molecular weight excluding hydrogens is 422 g/mol. The highest BCUT2D eigenvalue weighted by molar-refractivity contribution is 14.1. The van der Waals surface area contributed by atoms with E-state index in [4.69, 9.17) is 27.6 Å². The normalized spacial score (nSPS) is 11.0. The Morgan fingerprint density at radius 3 is 2.43 bits per heavy atom. The van der Waals surface area contributed by atoms with Gasteiger partial charge in [-0.15, -0.1) is 0 Å². The zero-order valence-electron chi connectivity index (χ0n) is 10.9. The van der Waals surface area contributed by atoms with E-state index >= 15 is 0 Å². The minimum absolute atomic E-state index is 0.128. The van der Waals surface area contributed by atoms with Gasteiger partial charge >= 0.3 is 0 Å². The van der Waals surface area contributed by atoms with Gasteiger partial charge in [0, 0.05) is 10.6 Å². The van der Waals surface area contributed by atoms with Gasteiger partial charge in [0.25, 0.3) is 0 Å². The second-order valence-electron chi connectivity index (χ2n) is 4.70. The van der Waals surface area contributed by atoms with Gasteiger partial charge in [0.05, 0.1) is 10.4 Å². The standard InChI is InChI=1S/C16H9Cl2IO2/c1-8-2-4-9(5-3-8)15-13(19)14(20)11-6-10(17)7-12(18)16(11)21-15/h2-7H,1H3. The maximum atomic E-state index is 12.5. The largest absolute Gasteiger partial charge is 0.453 e. The predicted molar refractivity (Wildman–Crippen MR) is 95.4 cm³/mol. The zero-order valence-corrected chi connectivity index (χ0v) is 14.6. The summed E-state index contributed by atoms with van der Waals surface area (Å²) in [6.07, 6.45) is 0. The Kier molecular flexibility index (Phi) is 3.99. The second-order valence-corrected chi connectivity index (χ2v) is 6.63. The number of benzene rings is 2. The number of fused-ring (bicyclic) bond motifs is 1. The average Bonchev–Trinajstić information content (AvgIpc) is 2.44. The van der Waals surface area contributed by atoms with Crippen molar-refractivity contribution in [2.45, 2.75) is 6.92 Å². The quantitative estimate of drug-likeness (QED) is 0.465. The lowest BCUT2D eigenvalue weighted by Crippen LogP contribution is -2.07. The van der Waals surface area contributed by atoms with Crippen molar-refractivity contribution in [2.24, 2.45) is 0 Å². The third-order valence-electron chi connectivity index (χ3n) is 3.17. The van der Waals surface area contributed by atoms with Crippen LogP contribution in [0.5, 0.6) is 0 Å². The molecule has 0 aliphatic carbocycles. The predicted octanol–water partition coefficient (Wildman–Crippen LogP) is 5.68. The number of hydrogen-bond donors (Lipinski definition) is 0. The van der Waals surface area contributed by atoms with E-state index in [2.05, 4.69) is 0 Å². The van der Waals surface area contributed by atoms with E-state index in [9.17, 15) is 4.79 Å². The lowest BCUT2D eigenvalue weighted by Gasteiger charge is -2.08. The van der Waals surface area contributed by atoms with Crippen molar-refractivity contribution in [2.75, 3.05) is 0 Å². The molecule has 0 atom stereocenters. The highest BCUT2D eigenvalue weighted by Gasteiger charge is 2.16. The Bertz CT molecular complexity index is 899. The van der Waals surface area contributed by atoms with Crippen molar-refractivity contribution in [1.82, 2.24) is 0 Å². The van der Waals surface area contributed by atoms with E-state index in [0.29, 0.717) is 30.3 Å². The topological polar surface area (TPSA) is 30.2 Å². The number of aryl methyl sites for hydroxylation is 1. The monoisotopic (exact) mass is 430 g/mol. The summed E-state index contributed by atoms with van der Waals surface area (Å²) in [5.41, 5.74) is 2.22. The van der Waals surface area contributed by atoms with E-state index in [1.807, 2.05) is 53.8 Å². The molecule has 0 aliphatic heterocycles. The molecule has 21 heavy (non-hydrogen) atoms. The van der Waals surface area contributed by atoms with Gasteiger partial charge in [0.2, 0.25) is 5.43 Å². The fourth-order valence-electron chi connectivity index (χ4n) is 2.09. The van der Waals surface area contributed by atoms with Crippen LogP contribution in [-0.4, -0.2) is 0 Å². The van der Waals surface area contributed by atoms with Crippen molar-refractivity contribution in [3.63, 3.8) is 0 Å². The lowest BCUT2D eigenvalue weighted by molar-refractivity contribution is 0.615. The highest BCUT2D eigenvalue weighted by Crippen LogP contribution is 2.32.